The molecule has 0 aliphatic carbocycles. The zero-order valence-corrected chi connectivity index (χ0v) is 18.2. The van der Waals surface area contributed by atoms with Crippen molar-refractivity contribution in [2.75, 3.05) is 6.79 Å². The van der Waals surface area contributed by atoms with Gasteiger partial charge in [-0.1, -0.05) is 36.4 Å². The first-order chi connectivity index (χ1) is 16.6. The maximum absolute atomic E-state index is 11.2. The standard InChI is InChI=1S/C26H22N2O6/c29-26(30)22-16-31-25(27-22)15-28(14-19-9-10-23-24(12-19)33-17-32-23)13-18-5-4-8-21(11-18)34-20-6-2-1-3-7-20/h1-12,16H,13-15,17H2,(H,29,30). The zero-order chi connectivity index (χ0) is 23.3. The van der Waals surface area contributed by atoms with Crippen molar-refractivity contribution in [3.05, 3.63) is 102 Å². The molecule has 1 N–H and O–H groups in total. The van der Waals surface area contributed by atoms with Gasteiger partial charge in [0.05, 0.1) is 6.54 Å². The number of nitrogens with zero attached hydrogens (tertiary/aromatic N) is 2. The molecule has 0 spiro atoms. The summed E-state index contributed by atoms with van der Waals surface area (Å²) < 4.78 is 22.3. The number of aromatic carboxylic acids is 1. The number of oxazole rings is 1. The topological polar surface area (TPSA) is 94.3 Å². The highest BCUT2D eigenvalue weighted by molar-refractivity contribution is 5.84. The predicted octanol–water partition coefficient (Wildman–Crippen LogP) is 5.10. The van der Waals surface area contributed by atoms with Crippen molar-refractivity contribution in [2.24, 2.45) is 0 Å². The molecule has 1 aliphatic rings. The predicted molar refractivity (Wildman–Crippen MR) is 122 cm³/mol. The molecular formula is C26H22N2O6. The van der Waals surface area contributed by atoms with Crippen LogP contribution in [0.5, 0.6) is 23.0 Å². The Morgan fingerprint density at radius 2 is 1.65 bits per heavy atom. The molecule has 3 aromatic carbocycles. The van der Waals surface area contributed by atoms with Crippen molar-refractivity contribution in [2.45, 2.75) is 19.6 Å². The van der Waals surface area contributed by atoms with E-state index in [2.05, 4.69) is 9.88 Å². The normalized spacial score (nSPS) is 12.1. The van der Waals surface area contributed by atoms with Crippen LogP contribution in [0, 0.1) is 0 Å². The van der Waals surface area contributed by atoms with E-state index in [1.807, 2.05) is 72.8 Å². The monoisotopic (exact) mass is 458 g/mol. The fourth-order valence-corrected chi connectivity index (χ4v) is 3.73. The van der Waals surface area contributed by atoms with Gasteiger partial charge in [0.2, 0.25) is 12.7 Å². The van der Waals surface area contributed by atoms with Gasteiger partial charge < -0.3 is 23.7 Å². The molecular weight excluding hydrogens is 436 g/mol. The summed E-state index contributed by atoms with van der Waals surface area (Å²) in [6.45, 7) is 1.66. The van der Waals surface area contributed by atoms with Crippen LogP contribution in [0.15, 0.2) is 83.5 Å². The van der Waals surface area contributed by atoms with E-state index < -0.39 is 5.97 Å². The lowest BCUT2D eigenvalue weighted by atomic mass is 10.1. The van der Waals surface area contributed by atoms with Crippen LogP contribution < -0.4 is 14.2 Å². The summed E-state index contributed by atoms with van der Waals surface area (Å²) in [5, 5.41) is 9.17. The van der Waals surface area contributed by atoms with Crippen LogP contribution in [0.4, 0.5) is 0 Å². The molecule has 0 atom stereocenters. The number of para-hydroxylation sites is 1. The zero-order valence-electron chi connectivity index (χ0n) is 18.2. The number of benzene rings is 3. The molecule has 8 heteroatoms. The first kappa shape index (κ1) is 21.5. The van der Waals surface area contributed by atoms with Crippen LogP contribution in [0.3, 0.4) is 0 Å². The highest BCUT2D eigenvalue weighted by atomic mass is 16.7. The second kappa shape index (κ2) is 9.68. The second-order valence-corrected chi connectivity index (χ2v) is 7.83. The van der Waals surface area contributed by atoms with Crippen molar-refractivity contribution in [3.63, 3.8) is 0 Å². The van der Waals surface area contributed by atoms with E-state index in [9.17, 15) is 4.79 Å². The second-order valence-electron chi connectivity index (χ2n) is 7.83. The Hall–Kier alpha value is -4.30. The summed E-state index contributed by atoms with van der Waals surface area (Å²) in [4.78, 5) is 17.4. The molecule has 0 fully saturated rings. The van der Waals surface area contributed by atoms with E-state index in [0.29, 0.717) is 31.3 Å². The third-order valence-electron chi connectivity index (χ3n) is 5.26. The summed E-state index contributed by atoms with van der Waals surface area (Å²) in [5.41, 5.74) is 1.93. The van der Waals surface area contributed by atoms with Crippen LogP contribution in [-0.2, 0) is 19.6 Å². The van der Waals surface area contributed by atoms with Crippen molar-refractivity contribution in [3.8, 4) is 23.0 Å². The lowest BCUT2D eigenvalue weighted by Gasteiger charge is -2.21. The fourth-order valence-electron chi connectivity index (χ4n) is 3.73. The molecule has 0 radical (unpaired) electrons. The van der Waals surface area contributed by atoms with Gasteiger partial charge in [-0.05, 0) is 47.5 Å². The molecule has 172 valence electrons. The van der Waals surface area contributed by atoms with Gasteiger partial charge in [-0.15, -0.1) is 0 Å². The van der Waals surface area contributed by atoms with Gasteiger partial charge in [0.15, 0.2) is 17.2 Å². The molecule has 34 heavy (non-hydrogen) atoms. The molecule has 0 bridgehead atoms. The molecule has 5 rings (SSSR count). The van der Waals surface area contributed by atoms with Gasteiger partial charge in [-0.2, -0.15) is 0 Å². The van der Waals surface area contributed by atoms with Crippen molar-refractivity contribution in [1.82, 2.24) is 9.88 Å². The van der Waals surface area contributed by atoms with Crippen LogP contribution in [-0.4, -0.2) is 27.8 Å². The van der Waals surface area contributed by atoms with Crippen LogP contribution in [0.2, 0.25) is 0 Å². The molecule has 0 saturated heterocycles. The maximum atomic E-state index is 11.2. The summed E-state index contributed by atoms with van der Waals surface area (Å²) in [6.07, 6.45) is 1.16. The van der Waals surface area contributed by atoms with E-state index in [4.69, 9.17) is 23.7 Å². The Kier molecular flexibility index (Phi) is 6.13. The number of fused-ring (bicyclic) bond motifs is 1. The van der Waals surface area contributed by atoms with Crippen LogP contribution >= 0.6 is 0 Å². The molecule has 0 amide bonds. The minimum absolute atomic E-state index is 0.115. The molecule has 8 nitrogen and oxygen atoms in total. The Balaban J connectivity index is 1.36. The third kappa shape index (κ3) is 5.19. The van der Waals surface area contributed by atoms with E-state index in [1.54, 1.807) is 0 Å². The molecule has 1 aliphatic heterocycles. The minimum Gasteiger partial charge on any atom is -0.476 e. The Morgan fingerprint density at radius 3 is 2.44 bits per heavy atom. The van der Waals surface area contributed by atoms with Gasteiger partial charge in [-0.25, -0.2) is 9.78 Å². The summed E-state index contributed by atoms with van der Waals surface area (Å²) in [5.74, 6) is 2.13. The molecule has 0 saturated carbocycles. The molecule has 0 unspecified atom stereocenters. The number of hydrogen-bond acceptors (Lipinski definition) is 7. The van der Waals surface area contributed by atoms with Crippen molar-refractivity contribution in [1.29, 1.82) is 0 Å². The summed E-state index contributed by atoms with van der Waals surface area (Å²) in [6, 6.07) is 23.3. The smallest absolute Gasteiger partial charge is 0.357 e. The Labute approximate surface area is 195 Å². The van der Waals surface area contributed by atoms with Gasteiger partial charge >= 0.3 is 5.97 Å². The Morgan fingerprint density at radius 1 is 0.882 bits per heavy atom. The number of carbonyl (C=O) groups is 1. The van der Waals surface area contributed by atoms with Crippen LogP contribution in [0.25, 0.3) is 0 Å². The number of aromatic nitrogens is 1. The lowest BCUT2D eigenvalue weighted by Crippen LogP contribution is -2.22. The number of rotatable bonds is 9. The number of carboxylic acid groups (broad SMARTS) is 1. The molecule has 1 aromatic heterocycles. The highest BCUT2D eigenvalue weighted by Crippen LogP contribution is 2.33. The minimum atomic E-state index is -1.12. The van der Waals surface area contributed by atoms with E-state index in [0.717, 1.165) is 34.6 Å². The van der Waals surface area contributed by atoms with Crippen molar-refractivity contribution >= 4 is 5.97 Å². The van der Waals surface area contributed by atoms with E-state index >= 15 is 0 Å². The molecule has 4 aromatic rings. The van der Waals surface area contributed by atoms with E-state index in [-0.39, 0.29) is 12.5 Å². The summed E-state index contributed by atoms with van der Waals surface area (Å²) in [7, 11) is 0. The maximum Gasteiger partial charge on any atom is 0.357 e. The molecule has 2 heterocycles. The quantitative estimate of drug-likeness (QED) is 0.370. The van der Waals surface area contributed by atoms with Gasteiger partial charge in [0, 0.05) is 13.1 Å². The van der Waals surface area contributed by atoms with Crippen molar-refractivity contribution < 1.29 is 28.5 Å². The number of carboxylic acids is 1. The summed E-state index contributed by atoms with van der Waals surface area (Å²) >= 11 is 0. The van der Waals surface area contributed by atoms with Gasteiger partial charge in [0.25, 0.3) is 0 Å². The average molecular weight is 458 g/mol. The Bertz CT molecular complexity index is 1290. The first-order valence-corrected chi connectivity index (χ1v) is 10.7. The van der Waals surface area contributed by atoms with E-state index in [1.165, 1.54) is 0 Å². The average Bonchev–Trinajstić information content (AvgIpc) is 3.49. The fraction of sp³-hybridized carbons (Fsp3) is 0.154. The SMILES string of the molecule is O=C(O)c1coc(CN(Cc2cccc(Oc3ccccc3)c2)Cc2ccc3c(c2)OCO3)n1. The highest BCUT2D eigenvalue weighted by Gasteiger charge is 2.18. The number of ether oxygens (including phenoxy) is 3. The largest absolute Gasteiger partial charge is 0.476 e. The third-order valence-corrected chi connectivity index (χ3v) is 5.26. The van der Waals surface area contributed by atoms with Gasteiger partial charge in [0.1, 0.15) is 17.8 Å². The van der Waals surface area contributed by atoms with Crippen LogP contribution in [0.1, 0.15) is 27.5 Å². The number of hydrogen-bond donors (Lipinski definition) is 1. The van der Waals surface area contributed by atoms with Gasteiger partial charge in [-0.3, -0.25) is 4.90 Å². The first-order valence-electron chi connectivity index (χ1n) is 10.7. The lowest BCUT2D eigenvalue weighted by molar-refractivity contribution is 0.0690.